The Labute approximate surface area is 101 Å². The summed E-state index contributed by atoms with van der Waals surface area (Å²) in [6.45, 7) is 6.35. The molecular formula is C14H28O2. The maximum absolute atomic E-state index is 4.84. The summed E-state index contributed by atoms with van der Waals surface area (Å²) in [4.78, 5) is 9.42. The van der Waals surface area contributed by atoms with E-state index in [-0.39, 0.29) is 0 Å². The summed E-state index contributed by atoms with van der Waals surface area (Å²) >= 11 is 0. The molecule has 0 rings (SSSR count). The summed E-state index contributed by atoms with van der Waals surface area (Å²) in [5.41, 5.74) is 0. The Morgan fingerprint density at radius 3 is 1.81 bits per heavy atom. The predicted molar refractivity (Wildman–Crippen MR) is 69.1 cm³/mol. The van der Waals surface area contributed by atoms with Gasteiger partial charge in [-0.3, -0.25) is 0 Å². The van der Waals surface area contributed by atoms with Crippen molar-refractivity contribution in [1.82, 2.24) is 0 Å². The van der Waals surface area contributed by atoms with Crippen molar-refractivity contribution in [3.05, 3.63) is 12.8 Å². The van der Waals surface area contributed by atoms with Gasteiger partial charge >= 0.3 is 0 Å². The van der Waals surface area contributed by atoms with Crippen molar-refractivity contribution >= 4 is 0 Å². The van der Waals surface area contributed by atoms with Gasteiger partial charge in [-0.05, 0) is 6.42 Å². The van der Waals surface area contributed by atoms with Crippen LogP contribution in [0.3, 0.4) is 0 Å². The van der Waals surface area contributed by atoms with Gasteiger partial charge in [0.1, 0.15) is 6.26 Å². The number of rotatable bonds is 13. The summed E-state index contributed by atoms with van der Waals surface area (Å²) in [6, 6.07) is 0. The molecule has 2 nitrogen and oxygen atoms in total. The lowest BCUT2D eigenvalue weighted by Gasteiger charge is -2.02. The average molecular weight is 228 g/mol. The molecule has 0 radical (unpaired) electrons. The minimum Gasteiger partial charge on any atom is -0.346 e. The van der Waals surface area contributed by atoms with Gasteiger partial charge in [0.15, 0.2) is 0 Å². The number of hydrogen-bond acceptors (Lipinski definition) is 2. The first-order valence-corrected chi connectivity index (χ1v) is 6.81. The van der Waals surface area contributed by atoms with Gasteiger partial charge in [-0.2, -0.15) is 4.89 Å². The van der Waals surface area contributed by atoms with Crippen LogP contribution >= 0.6 is 0 Å². The van der Waals surface area contributed by atoms with Crippen molar-refractivity contribution in [3.63, 3.8) is 0 Å². The summed E-state index contributed by atoms with van der Waals surface area (Å²) in [7, 11) is 0. The van der Waals surface area contributed by atoms with Gasteiger partial charge in [0.25, 0.3) is 0 Å². The van der Waals surface area contributed by atoms with Crippen molar-refractivity contribution in [2.24, 2.45) is 0 Å². The molecule has 0 amide bonds. The van der Waals surface area contributed by atoms with Crippen molar-refractivity contribution in [1.29, 1.82) is 0 Å². The molecule has 0 spiro atoms. The third kappa shape index (κ3) is 13.5. The second-order valence-corrected chi connectivity index (χ2v) is 4.27. The zero-order valence-corrected chi connectivity index (χ0v) is 10.9. The second kappa shape index (κ2) is 14.5. The van der Waals surface area contributed by atoms with Crippen LogP contribution in [0.15, 0.2) is 12.8 Å². The van der Waals surface area contributed by atoms with Crippen LogP contribution in [-0.4, -0.2) is 6.61 Å². The topological polar surface area (TPSA) is 18.5 Å². The Kier molecular flexibility index (Phi) is 14.0. The smallest absolute Gasteiger partial charge is 0.122 e. The molecule has 0 aromatic heterocycles. The van der Waals surface area contributed by atoms with Crippen LogP contribution in [0.25, 0.3) is 0 Å². The zero-order valence-electron chi connectivity index (χ0n) is 10.9. The lowest BCUT2D eigenvalue weighted by atomic mass is 10.1. The highest BCUT2D eigenvalue weighted by Crippen LogP contribution is 2.10. The van der Waals surface area contributed by atoms with E-state index in [1.165, 1.54) is 64.0 Å². The van der Waals surface area contributed by atoms with Gasteiger partial charge in [-0.1, -0.05) is 71.3 Å². The van der Waals surface area contributed by atoms with E-state index >= 15 is 0 Å². The fraction of sp³-hybridized carbons (Fsp3) is 0.857. The molecule has 0 unspecified atom stereocenters. The predicted octanol–water partition coefficient (Wildman–Crippen LogP) is 5.00. The van der Waals surface area contributed by atoms with Crippen LogP contribution in [0, 0.1) is 0 Å². The second-order valence-electron chi connectivity index (χ2n) is 4.27. The average Bonchev–Trinajstić information content (AvgIpc) is 2.31. The third-order valence-corrected chi connectivity index (χ3v) is 2.72. The van der Waals surface area contributed by atoms with Crippen molar-refractivity contribution in [2.45, 2.75) is 71.1 Å². The Morgan fingerprint density at radius 1 is 0.812 bits per heavy atom. The molecule has 0 aliphatic rings. The fourth-order valence-corrected chi connectivity index (χ4v) is 1.74. The first kappa shape index (κ1) is 15.5. The molecule has 0 heterocycles. The van der Waals surface area contributed by atoms with E-state index in [1.54, 1.807) is 0 Å². The molecule has 96 valence electrons. The monoisotopic (exact) mass is 228 g/mol. The SMILES string of the molecule is C=COOCCCCCCCCCCCC. The summed E-state index contributed by atoms with van der Waals surface area (Å²) < 4.78 is 0. The molecule has 0 fully saturated rings. The molecule has 0 saturated carbocycles. The molecule has 16 heavy (non-hydrogen) atoms. The minimum absolute atomic E-state index is 0.683. The van der Waals surface area contributed by atoms with E-state index < -0.39 is 0 Å². The number of hydrogen-bond donors (Lipinski definition) is 0. The van der Waals surface area contributed by atoms with Crippen LogP contribution in [0.4, 0.5) is 0 Å². The zero-order chi connectivity index (χ0) is 11.9. The molecule has 0 atom stereocenters. The number of unbranched alkanes of at least 4 members (excludes halogenated alkanes) is 9. The molecule has 2 heteroatoms. The summed E-state index contributed by atoms with van der Waals surface area (Å²) in [5, 5.41) is 0. The lowest BCUT2D eigenvalue weighted by Crippen LogP contribution is -1.91. The van der Waals surface area contributed by atoms with Gasteiger partial charge in [-0.15, -0.1) is 0 Å². The molecule has 0 N–H and O–H groups in total. The van der Waals surface area contributed by atoms with Crippen molar-refractivity contribution in [2.75, 3.05) is 6.61 Å². The first-order valence-electron chi connectivity index (χ1n) is 6.81. The van der Waals surface area contributed by atoms with Gasteiger partial charge in [-0.25, -0.2) is 0 Å². The molecule has 0 aromatic carbocycles. The van der Waals surface area contributed by atoms with Crippen LogP contribution < -0.4 is 0 Å². The Hall–Kier alpha value is -0.500. The maximum atomic E-state index is 4.84. The maximum Gasteiger partial charge on any atom is 0.122 e. The largest absolute Gasteiger partial charge is 0.346 e. The lowest BCUT2D eigenvalue weighted by molar-refractivity contribution is -0.248. The van der Waals surface area contributed by atoms with Crippen molar-refractivity contribution in [3.8, 4) is 0 Å². The highest BCUT2D eigenvalue weighted by atomic mass is 17.2. The van der Waals surface area contributed by atoms with Crippen LogP contribution in [0.1, 0.15) is 71.1 Å². The molecule has 0 aliphatic carbocycles. The quantitative estimate of drug-likeness (QED) is 0.191. The summed E-state index contributed by atoms with van der Waals surface area (Å²) in [5.74, 6) is 0. The van der Waals surface area contributed by atoms with Gasteiger partial charge in [0.05, 0.1) is 6.61 Å². The van der Waals surface area contributed by atoms with E-state index in [0.717, 1.165) is 6.42 Å². The van der Waals surface area contributed by atoms with Gasteiger partial charge < -0.3 is 4.89 Å². The van der Waals surface area contributed by atoms with E-state index in [0.29, 0.717) is 6.61 Å². The Morgan fingerprint density at radius 2 is 1.31 bits per heavy atom. The van der Waals surface area contributed by atoms with E-state index in [4.69, 9.17) is 4.89 Å². The molecule has 0 saturated heterocycles. The highest BCUT2D eigenvalue weighted by molar-refractivity contribution is 4.47. The Balaban J connectivity index is 2.85. The molecule has 0 bridgehead atoms. The fourth-order valence-electron chi connectivity index (χ4n) is 1.74. The molecular weight excluding hydrogens is 200 g/mol. The van der Waals surface area contributed by atoms with Crippen LogP contribution in [-0.2, 0) is 9.78 Å². The van der Waals surface area contributed by atoms with E-state index in [1.807, 2.05) is 0 Å². The van der Waals surface area contributed by atoms with E-state index in [2.05, 4.69) is 18.4 Å². The molecule has 0 aromatic rings. The standard InChI is InChI=1S/C14H28O2/c1-3-5-6-7-8-9-10-11-12-13-14-16-15-4-2/h4H,2-3,5-14H2,1H3. The van der Waals surface area contributed by atoms with Gasteiger partial charge in [0, 0.05) is 0 Å². The van der Waals surface area contributed by atoms with E-state index in [9.17, 15) is 0 Å². The first-order chi connectivity index (χ1) is 7.91. The van der Waals surface area contributed by atoms with Crippen LogP contribution in [0.5, 0.6) is 0 Å². The van der Waals surface area contributed by atoms with Gasteiger partial charge in [0.2, 0.25) is 0 Å². The summed E-state index contributed by atoms with van der Waals surface area (Å²) in [6.07, 6.45) is 14.7. The van der Waals surface area contributed by atoms with Crippen LogP contribution in [0.2, 0.25) is 0 Å². The minimum atomic E-state index is 0.683. The molecule has 0 aliphatic heterocycles. The van der Waals surface area contributed by atoms with Crippen molar-refractivity contribution < 1.29 is 9.78 Å². The highest BCUT2D eigenvalue weighted by Gasteiger charge is 1.92. The third-order valence-electron chi connectivity index (χ3n) is 2.72. The Bertz CT molecular complexity index is 135. The normalized spacial score (nSPS) is 10.3.